The van der Waals surface area contributed by atoms with Crippen molar-refractivity contribution in [1.82, 2.24) is 0 Å². The summed E-state index contributed by atoms with van der Waals surface area (Å²) in [6.45, 7) is 0. The smallest absolute Gasteiger partial charge is 0.224 e. The van der Waals surface area contributed by atoms with E-state index in [1.165, 1.54) is 12.8 Å². The van der Waals surface area contributed by atoms with Crippen molar-refractivity contribution in [2.45, 2.75) is 43.8 Å². The number of benzene rings is 1. The molecule has 0 radical (unpaired) electrons. The molecule has 1 amide bonds. The molecule has 1 N–H and O–H groups in total. The van der Waals surface area contributed by atoms with Crippen molar-refractivity contribution >= 4 is 22.4 Å². The van der Waals surface area contributed by atoms with Gasteiger partial charge in [-0.05, 0) is 31.4 Å². The number of carbonyl (C=O) groups excluding carboxylic acids is 1. The third kappa shape index (κ3) is 4.68. The summed E-state index contributed by atoms with van der Waals surface area (Å²) in [7, 11) is -0.797. The zero-order chi connectivity index (χ0) is 15.1. The SMILES string of the molecule is N#Cc1ccccc1NC(=O)CCCS(=O)C1CCCC1. The molecule has 5 heteroatoms. The van der Waals surface area contributed by atoms with E-state index in [0.29, 0.717) is 35.1 Å². The van der Waals surface area contributed by atoms with Crippen LogP contribution < -0.4 is 5.32 Å². The Morgan fingerprint density at radius 2 is 2.05 bits per heavy atom. The quantitative estimate of drug-likeness (QED) is 0.878. The summed E-state index contributed by atoms with van der Waals surface area (Å²) in [5.74, 6) is 0.471. The number of hydrogen-bond donors (Lipinski definition) is 1. The Morgan fingerprint density at radius 1 is 1.33 bits per heavy atom. The third-order valence-corrected chi connectivity index (χ3v) is 5.65. The first kappa shape index (κ1) is 15.7. The van der Waals surface area contributed by atoms with E-state index in [-0.39, 0.29) is 5.91 Å². The summed E-state index contributed by atoms with van der Waals surface area (Å²) in [4.78, 5) is 11.9. The molecule has 4 nitrogen and oxygen atoms in total. The molecule has 1 aliphatic carbocycles. The van der Waals surface area contributed by atoms with Crippen LogP contribution in [0.4, 0.5) is 5.69 Å². The standard InChI is InChI=1S/C16H20N2O2S/c17-12-13-6-1-4-9-15(13)18-16(19)10-5-11-21(20)14-7-2-3-8-14/h1,4,6,9,14H,2-3,5,7-8,10-11H2,(H,18,19). The Bertz CT molecular complexity index is 560. The van der Waals surface area contributed by atoms with Crippen LogP contribution in [0.3, 0.4) is 0 Å². The molecule has 0 bridgehead atoms. The van der Waals surface area contributed by atoms with Gasteiger partial charge >= 0.3 is 0 Å². The molecule has 0 aliphatic heterocycles. The van der Waals surface area contributed by atoms with Crippen LogP contribution in [0, 0.1) is 11.3 Å². The van der Waals surface area contributed by atoms with Crippen LogP contribution in [0.2, 0.25) is 0 Å². The summed E-state index contributed by atoms with van der Waals surface area (Å²) >= 11 is 0. The van der Waals surface area contributed by atoms with Gasteiger partial charge in [-0.1, -0.05) is 25.0 Å². The van der Waals surface area contributed by atoms with Gasteiger partial charge in [0.15, 0.2) is 0 Å². The van der Waals surface area contributed by atoms with E-state index in [0.717, 1.165) is 12.8 Å². The highest BCUT2D eigenvalue weighted by atomic mass is 32.2. The minimum atomic E-state index is -0.797. The Kier molecular flexibility index (Phi) is 5.94. The lowest BCUT2D eigenvalue weighted by Crippen LogP contribution is -2.17. The molecule has 1 atom stereocenters. The molecule has 1 unspecified atom stereocenters. The molecule has 1 fully saturated rings. The Labute approximate surface area is 128 Å². The zero-order valence-corrected chi connectivity index (χ0v) is 12.8. The maximum atomic E-state index is 12.0. The number of amides is 1. The second-order valence-corrected chi connectivity index (χ2v) is 7.14. The van der Waals surface area contributed by atoms with Gasteiger partial charge in [0, 0.05) is 28.2 Å². The number of hydrogen-bond acceptors (Lipinski definition) is 3. The number of para-hydroxylation sites is 1. The van der Waals surface area contributed by atoms with Crippen molar-refractivity contribution in [3.8, 4) is 6.07 Å². The van der Waals surface area contributed by atoms with Crippen molar-refractivity contribution in [2.75, 3.05) is 11.1 Å². The maximum absolute atomic E-state index is 12.0. The molecule has 2 rings (SSSR count). The molecular formula is C16H20N2O2S. The first-order chi connectivity index (χ1) is 10.2. The Balaban J connectivity index is 1.75. The van der Waals surface area contributed by atoms with Crippen LogP contribution in [0.15, 0.2) is 24.3 Å². The molecule has 1 aliphatic rings. The third-order valence-electron chi connectivity index (χ3n) is 3.74. The van der Waals surface area contributed by atoms with Gasteiger partial charge in [-0.25, -0.2) is 0 Å². The minimum absolute atomic E-state index is 0.124. The Hall–Kier alpha value is -1.67. The van der Waals surface area contributed by atoms with E-state index < -0.39 is 10.8 Å². The van der Waals surface area contributed by atoms with Crippen LogP contribution in [0.1, 0.15) is 44.1 Å². The van der Waals surface area contributed by atoms with Crippen LogP contribution in [0.5, 0.6) is 0 Å². The predicted molar refractivity (Wildman–Crippen MR) is 84.3 cm³/mol. The van der Waals surface area contributed by atoms with Crippen molar-refractivity contribution in [3.63, 3.8) is 0 Å². The fourth-order valence-corrected chi connectivity index (χ4v) is 4.22. The van der Waals surface area contributed by atoms with Gasteiger partial charge < -0.3 is 5.32 Å². The molecule has 112 valence electrons. The van der Waals surface area contributed by atoms with E-state index in [1.807, 2.05) is 6.07 Å². The molecule has 0 spiro atoms. The summed E-state index contributed by atoms with van der Waals surface area (Å²) in [5.41, 5.74) is 1.00. The number of nitriles is 1. The lowest BCUT2D eigenvalue weighted by atomic mass is 10.2. The monoisotopic (exact) mass is 304 g/mol. The summed E-state index contributed by atoms with van der Waals surface area (Å²) in [6.07, 6.45) is 5.47. The van der Waals surface area contributed by atoms with Gasteiger partial charge in [0.25, 0.3) is 0 Å². The van der Waals surface area contributed by atoms with Crippen LogP contribution in [-0.4, -0.2) is 21.1 Å². The largest absolute Gasteiger partial charge is 0.325 e. The molecule has 21 heavy (non-hydrogen) atoms. The minimum Gasteiger partial charge on any atom is -0.325 e. The Morgan fingerprint density at radius 3 is 2.76 bits per heavy atom. The van der Waals surface area contributed by atoms with E-state index in [9.17, 15) is 9.00 Å². The van der Waals surface area contributed by atoms with Crippen molar-refractivity contribution in [3.05, 3.63) is 29.8 Å². The number of nitrogens with zero attached hydrogens (tertiary/aromatic N) is 1. The lowest BCUT2D eigenvalue weighted by Gasteiger charge is -2.09. The first-order valence-corrected chi connectivity index (χ1v) is 8.75. The number of anilines is 1. The average molecular weight is 304 g/mol. The number of rotatable bonds is 6. The lowest BCUT2D eigenvalue weighted by molar-refractivity contribution is -0.116. The first-order valence-electron chi connectivity index (χ1n) is 7.37. The molecule has 0 heterocycles. The molecular weight excluding hydrogens is 284 g/mol. The maximum Gasteiger partial charge on any atom is 0.224 e. The molecule has 1 aromatic carbocycles. The van der Waals surface area contributed by atoms with Crippen LogP contribution >= 0.6 is 0 Å². The molecule has 1 aromatic rings. The second-order valence-electron chi connectivity index (χ2n) is 5.30. The summed E-state index contributed by atoms with van der Waals surface area (Å²) in [6, 6.07) is 8.98. The van der Waals surface area contributed by atoms with Gasteiger partial charge in [0.05, 0.1) is 11.3 Å². The van der Waals surface area contributed by atoms with Gasteiger partial charge in [-0.3, -0.25) is 9.00 Å². The van der Waals surface area contributed by atoms with E-state index in [2.05, 4.69) is 5.32 Å². The van der Waals surface area contributed by atoms with Crippen molar-refractivity contribution < 1.29 is 9.00 Å². The number of carbonyl (C=O) groups is 1. The van der Waals surface area contributed by atoms with E-state index in [1.54, 1.807) is 24.3 Å². The van der Waals surface area contributed by atoms with Crippen LogP contribution in [-0.2, 0) is 15.6 Å². The highest BCUT2D eigenvalue weighted by Crippen LogP contribution is 2.23. The predicted octanol–water partition coefficient (Wildman–Crippen LogP) is 2.97. The van der Waals surface area contributed by atoms with Gasteiger partial charge in [-0.2, -0.15) is 5.26 Å². The molecule has 0 aromatic heterocycles. The highest BCUT2D eigenvalue weighted by molar-refractivity contribution is 7.85. The fraction of sp³-hybridized carbons (Fsp3) is 0.500. The van der Waals surface area contributed by atoms with Crippen molar-refractivity contribution in [2.24, 2.45) is 0 Å². The summed E-state index contributed by atoms with van der Waals surface area (Å²) in [5, 5.41) is 12.0. The van der Waals surface area contributed by atoms with Gasteiger partial charge in [-0.15, -0.1) is 0 Å². The van der Waals surface area contributed by atoms with E-state index >= 15 is 0 Å². The van der Waals surface area contributed by atoms with Gasteiger partial charge in [0.1, 0.15) is 6.07 Å². The molecule has 0 saturated heterocycles. The highest BCUT2D eigenvalue weighted by Gasteiger charge is 2.21. The van der Waals surface area contributed by atoms with Crippen LogP contribution in [0.25, 0.3) is 0 Å². The van der Waals surface area contributed by atoms with Gasteiger partial charge in [0.2, 0.25) is 5.91 Å². The average Bonchev–Trinajstić information content (AvgIpc) is 3.02. The zero-order valence-electron chi connectivity index (χ0n) is 12.0. The fourth-order valence-electron chi connectivity index (χ4n) is 2.60. The molecule has 1 saturated carbocycles. The second kappa shape index (κ2) is 7.94. The number of nitrogens with one attached hydrogen (secondary N) is 1. The van der Waals surface area contributed by atoms with Crippen molar-refractivity contribution in [1.29, 1.82) is 5.26 Å². The normalized spacial score (nSPS) is 16.3. The summed E-state index contributed by atoms with van der Waals surface area (Å²) < 4.78 is 12.0. The topological polar surface area (TPSA) is 70.0 Å². The van der Waals surface area contributed by atoms with E-state index in [4.69, 9.17) is 5.26 Å².